The average Bonchev–Trinajstić information content (AvgIpc) is 2.00. The van der Waals surface area contributed by atoms with Gasteiger partial charge in [-0.05, 0) is 0 Å². The van der Waals surface area contributed by atoms with Gasteiger partial charge < -0.3 is 0 Å². The molecule has 58 valence electrons. The van der Waals surface area contributed by atoms with Crippen LogP contribution in [-0.4, -0.2) is 6.61 Å². The van der Waals surface area contributed by atoms with E-state index in [0.717, 1.165) is 0 Å². The lowest BCUT2D eigenvalue weighted by atomic mass is 10.8. The molecule has 0 atom stereocenters. The fraction of sp³-hybridized carbons (Fsp3) is 0.333. The lowest BCUT2D eigenvalue weighted by Crippen LogP contribution is -1.89. The van der Waals surface area contributed by atoms with Crippen LogP contribution >= 0.6 is 31.6 Å². The molecule has 0 unspecified atom stereocenters. The molecule has 0 aromatic rings. The van der Waals surface area contributed by atoms with Crippen LogP contribution in [0.25, 0.3) is 0 Å². The summed E-state index contributed by atoms with van der Waals surface area (Å²) in [5.41, 5.74) is 0. The topological polar surface area (TPSA) is 44.8 Å². The summed E-state index contributed by atoms with van der Waals surface area (Å²) in [6.45, 7) is -0.253. The maximum absolute atomic E-state index is 10.7. The van der Waals surface area contributed by atoms with Gasteiger partial charge >= 0.3 is 7.82 Å². The van der Waals surface area contributed by atoms with Gasteiger partial charge in [0.2, 0.25) is 0 Å². The normalized spacial score (nSPS) is 10.9. The first-order valence-electron chi connectivity index (χ1n) is 1.97. The second kappa shape index (κ2) is 4.97. The molecule has 0 aliphatic rings. The third-order valence-electron chi connectivity index (χ3n) is 0.475. The van der Waals surface area contributed by atoms with Crippen LogP contribution in [0.1, 0.15) is 0 Å². The second-order valence-corrected chi connectivity index (χ2v) is 3.32. The van der Waals surface area contributed by atoms with Gasteiger partial charge in [-0.15, -0.1) is 6.42 Å². The fourth-order valence-electron chi connectivity index (χ4n) is 0.167. The minimum absolute atomic E-state index is 0.253. The van der Waals surface area contributed by atoms with Crippen LogP contribution in [0.4, 0.5) is 0 Å². The zero-order chi connectivity index (χ0) is 8.04. The maximum atomic E-state index is 10.7. The highest BCUT2D eigenvalue weighted by Gasteiger charge is 2.25. The highest BCUT2D eigenvalue weighted by Crippen LogP contribution is 2.51. The summed E-state index contributed by atoms with van der Waals surface area (Å²) in [5.74, 6) is 2.02. The Bertz CT molecular complexity index is 168. The molecule has 0 aliphatic carbocycles. The molecule has 0 aromatic heterocycles. The maximum Gasteiger partial charge on any atom is 0.508 e. The van der Waals surface area contributed by atoms with Gasteiger partial charge in [0.15, 0.2) is 0 Å². The predicted molar refractivity (Wildman–Crippen MR) is 36.3 cm³/mol. The molecule has 0 bridgehead atoms. The summed E-state index contributed by atoms with van der Waals surface area (Å²) < 4.78 is 22.5. The Balaban J connectivity index is 3.85. The van der Waals surface area contributed by atoms with Gasteiger partial charge in [0.1, 0.15) is 6.61 Å². The SMILES string of the molecule is C#CCOP(=O)(OCl)OCl. The van der Waals surface area contributed by atoms with Gasteiger partial charge in [-0.2, -0.15) is 8.15 Å². The zero-order valence-corrected chi connectivity index (χ0v) is 7.03. The molecule has 0 saturated heterocycles. The lowest BCUT2D eigenvalue weighted by Gasteiger charge is -2.05. The lowest BCUT2D eigenvalue weighted by molar-refractivity contribution is 0.244. The van der Waals surface area contributed by atoms with Crippen LogP contribution in [0, 0.1) is 12.3 Å². The Morgan fingerprint density at radius 2 is 2.00 bits per heavy atom. The first-order valence-corrected chi connectivity index (χ1v) is 4.05. The first-order chi connectivity index (χ1) is 4.68. The number of terminal acetylenes is 1. The molecule has 0 rings (SSSR count). The number of halogens is 2. The first kappa shape index (κ1) is 10.2. The summed E-state index contributed by atoms with van der Waals surface area (Å²) in [6, 6.07) is 0. The summed E-state index contributed by atoms with van der Waals surface area (Å²) in [5, 5.41) is 0. The predicted octanol–water partition coefficient (Wildman–Crippen LogP) is 2.09. The number of phosphoric acid groups is 1. The minimum atomic E-state index is -3.81. The fourth-order valence-corrected chi connectivity index (χ4v) is 0.995. The third-order valence-corrected chi connectivity index (χ3v) is 2.27. The van der Waals surface area contributed by atoms with E-state index in [2.05, 4.69) is 36.4 Å². The summed E-state index contributed by atoms with van der Waals surface area (Å²) in [4.78, 5) is 0. The molecule has 7 heteroatoms. The van der Waals surface area contributed by atoms with E-state index in [1.54, 1.807) is 0 Å². The number of hydrogen-bond donors (Lipinski definition) is 0. The standard InChI is InChI=1S/C3H3Cl2O4P/c1-2-3-7-10(6,8-4)9-5/h1H,3H2. The number of rotatable bonds is 4. The largest absolute Gasteiger partial charge is 0.508 e. The van der Waals surface area contributed by atoms with E-state index in [0.29, 0.717) is 0 Å². The zero-order valence-electron chi connectivity index (χ0n) is 4.62. The average molecular weight is 205 g/mol. The van der Waals surface area contributed by atoms with E-state index in [1.807, 2.05) is 5.92 Å². The van der Waals surface area contributed by atoms with Gasteiger partial charge in [-0.1, -0.05) is 5.92 Å². The van der Waals surface area contributed by atoms with Crippen LogP contribution in [-0.2, 0) is 17.2 Å². The molecule has 0 heterocycles. The summed E-state index contributed by atoms with van der Waals surface area (Å²) in [7, 11) is -3.81. The Kier molecular flexibility index (Phi) is 5.10. The Morgan fingerprint density at radius 3 is 2.30 bits per heavy atom. The monoisotopic (exact) mass is 204 g/mol. The van der Waals surface area contributed by atoms with Gasteiger partial charge in [-0.25, -0.2) is 4.57 Å². The minimum Gasteiger partial charge on any atom is -0.272 e. The van der Waals surface area contributed by atoms with Crippen LogP contribution < -0.4 is 0 Å². The van der Waals surface area contributed by atoms with Crippen molar-refractivity contribution in [3.63, 3.8) is 0 Å². The molecule has 0 N–H and O–H groups in total. The van der Waals surface area contributed by atoms with Crippen molar-refractivity contribution in [1.29, 1.82) is 0 Å². The Morgan fingerprint density at radius 1 is 1.50 bits per heavy atom. The third kappa shape index (κ3) is 3.43. The molecule has 0 saturated carbocycles. The van der Waals surface area contributed by atoms with Gasteiger partial charge in [0.25, 0.3) is 0 Å². The van der Waals surface area contributed by atoms with Gasteiger partial charge in [-0.3, -0.25) is 4.52 Å². The Hall–Kier alpha value is 0.250. The van der Waals surface area contributed by atoms with Crippen LogP contribution in [0.5, 0.6) is 0 Å². The number of hydrogen-bond acceptors (Lipinski definition) is 4. The smallest absolute Gasteiger partial charge is 0.272 e. The molecular weight excluding hydrogens is 202 g/mol. The molecule has 0 aromatic carbocycles. The van der Waals surface area contributed by atoms with Crippen LogP contribution in [0.3, 0.4) is 0 Å². The Labute approximate surface area is 68.3 Å². The molecule has 0 amide bonds. The molecule has 0 radical (unpaired) electrons. The van der Waals surface area contributed by atoms with Crippen LogP contribution in [0.15, 0.2) is 0 Å². The van der Waals surface area contributed by atoms with Crippen molar-refractivity contribution < 1.29 is 17.2 Å². The molecule has 4 nitrogen and oxygen atoms in total. The quantitative estimate of drug-likeness (QED) is 0.520. The summed E-state index contributed by atoms with van der Waals surface area (Å²) in [6.07, 6.45) is 4.75. The highest BCUT2D eigenvalue weighted by molar-refractivity contribution is 7.50. The molecule has 0 aliphatic heterocycles. The van der Waals surface area contributed by atoms with E-state index in [4.69, 9.17) is 6.42 Å². The highest BCUT2D eigenvalue weighted by atomic mass is 35.5. The molecular formula is C3H3Cl2O4P. The van der Waals surface area contributed by atoms with Crippen molar-refractivity contribution in [2.24, 2.45) is 0 Å². The second-order valence-electron chi connectivity index (χ2n) is 1.06. The van der Waals surface area contributed by atoms with Gasteiger partial charge in [0, 0.05) is 0 Å². The van der Waals surface area contributed by atoms with E-state index in [9.17, 15) is 4.57 Å². The van der Waals surface area contributed by atoms with Crippen molar-refractivity contribution >= 4 is 31.6 Å². The van der Waals surface area contributed by atoms with Crippen LogP contribution in [0.2, 0.25) is 0 Å². The van der Waals surface area contributed by atoms with Crippen molar-refractivity contribution in [2.45, 2.75) is 0 Å². The van der Waals surface area contributed by atoms with E-state index >= 15 is 0 Å². The summed E-state index contributed by atoms with van der Waals surface area (Å²) >= 11 is 9.36. The van der Waals surface area contributed by atoms with E-state index < -0.39 is 7.82 Å². The molecule has 0 fully saturated rings. The van der Waals surface area contributed by atoms with Crippen molar-refractivity contribution in [3.05, 3.63) is 0 Å². The van der Waals surface area contributed by atoms with Crippen molar-refractivity contribution in [1.82, 2.24) is 0 Å². The molecule has 10 heavy (non-hydrogen) atoms. The van der Waals surface area contributed by atoms with E-state index in [-0.39, 0.29) is 6.61 Å². The van der Waals surface area contributed by atoms with E-state index in [1.165, 1.54) is 0 Å². The molecule has 0 spiro atoms. The van der Waals surface area contributed by atoms with Gasteiger partial charge in [0.05, 0.1) is 23.7 Å². The van der Waals surface area contributed by atoms with Crippen molar-refractivity contribution in [3.8, 4) is 12.3 Å². The van der Waals surface area contributed by atoms with Crippen molar-refractivity contribution in [2.75, 3.05) is 6.61 Å².